The number of ether oxygens (including phenoxy) is 1. The molecule has 3 aromatic rings. The van der Waals surface area contributed by atoms with E-state index in [1.165, 1.54) is 4.88 Å². The third-order valence-corrected chi connectivity index (χ3v) is 7.07. The first-order valence-corrected chi connectivity index (χ1v) is 11.9. The van der Waals surface area contributed by atoms with E-state index >= 15 is 0 Å². The van der Waals surface area contributed by atoms with Gasteiger partial charge in [-0.15, -0.1) is 11.3 Å². The van der Waals surface area contributed by atoms with Crippen LogP contribution in [0.5, 0.6) is 0 Å². The zero-order valence-electron chi connectivity index (χ0n) is 18.3. The van der Waals surface area contributed by atoms with Gasteiger partial charge >= 0.3 is 0 Å². The number of thiophene rings is 1. The van der Waals surface area contributed by atoms with Gasteiger partial charge in [0.1, 0.15) is 16.5 Å². The van der Waals surface area contributed by atoms with Gasteiger partial charge < -0.3 is 20.5 Å². The lowest BCUT2D eigenvalue weighted by molar-refractivity contribution is -0.125. The fourth-order valence-corrected chi connectivity index (χ4v) is 5.27. The van der Waals surface area contributed by atoms with E-state index in [2.05, 4.69) is 20.9 Å². The van der Waals surface area contributed by atoms with Crippen molar-refractivity contribution in [2.24, 2.45) is 0 Å². The Balaban J connectivity index is 1.43. The highest BCUT2D eigenvalue weighted by atomic mass is 32.1. The van der Waals surface area contributed by atoms with E-state index in [1.54, 1.807) is 28.5 Å². The summed E-state index contributed by atoms with van der Waals surface area (Å²) in [4.78, 5) is 33.4. The Bertz CT molecular complexity index is 1110. The highest BCUT2D eigenvalue weighted by Crippen LogP contribution is 2.34. The zero-order valence-corrected chi connectivity index (χ0v) is 19.1. The maximum atomic E-state index is 10.8. The quantitative estimate of drug-likeness (QED) is 0.502. The molecule has 0 aromatic carbocycles. The Labute approximate surface area is 195 Å². The number of anilines is 2. The molecule has 0 bridgehead atoms. The number of piperazine rings is 1. The van der Waals surface area contributed by atoms with Crippen LogP contribution in [0.1, 0.15) is 4.88 Å². The van der Waals surface area contributed by atoms with E-state index in [0.717, 1.165) is 54.3 Å². The van der Waals surface area contributed by atoms with Crippen LogP contribution in [0.3, 0.4) is 0 Å². The third-order valence-electron chi connectivity index (χ3n) is 6.06. The van der Waals surface area contributed by atoms with Crippen LogP contribution >= 0.6 is 11.3 Å². The smallest absolute Gasteiger partial charge is 0.164 e. The number of aromatic nitrogens is 3. The number of aliphatic hydroxyl groups excluding tert-OH is 1. The average molecular weight is 470 g/mol. The van der Waals surface area contributed by atoms with Crippen LogP contribution in [0.25, 0.3) is 21.6 Å². The number of hydrogen-bond donors (Lipinski definition) is 2. The first-order valence-electron chi connectivity index (χ1n) is 11.1. The van der Waals surface area contributed by atoms with E-state index in [0.29, 0.717) is 44.2 Å². The topological polar surface area (TPSA) is 121 Å². The number of hydrogen-bond acceptors (Lipinski definition) is 11. The minimum Gasteiger partial charge on any atom is -0.384 e. The fraction of sp³-hybridized carbons (Fsp3) is 0.455. The Morgan fingerprint density at radius 1 is 1.15 bits per heavy atom. The molecule has 3 aromatic heterocycles. The van der Waals surface area contributed by atoms with Gasteiger partial charge in [-0.2, -0.15) is 0 Å². The van der Waals surface area contributed by atoms with Crippen molar-refractivity contribution in [3.05, 3.63) is 29.3 Å². The molecular weight excluding hydrogens is 442 g/mol. The van der Waals surface area contributed by atoms with E-state index in [1.807, 2.05) is 6.07 Å². The summed E-state index contributed by atoms with van der Waals surface area (Å²) in [5.41, 5.74) is 6.59. The fourth-order valence-electron chi connectivity index (χ4n) is 4.21. The normalized spacial score (nSPS) is 19.1. The first kappa shape index (κ1) is 22.1. The van der Waals surface area contributed by atoms with Crippen molar-refractivity contribution in [3.63, 3.8) is 0 Å². The summed E-state index contributed by atoms with van der Waals surface area (Å²) in [6.07, 6.45) is 1.28. The molecule has 5 rings (SSSR count). The number of carbonyl (C=O) groups is 1. The molecule has 11 heteroatoms. The monoisotopic (exact) mass is 469 g/mol. The molecule has 0 spiro atoms. The van der Waals surface area contributed by atoms with E-state index in [4.69, 9.17) is 20.4 Å². The summed E-state index contributed by atoms with van der Waals surface area (Å²) in [6, 6.07) is 5.86. The van der Waals surface area contributed by atoms with Crippen LogP contribution in [-0.4, -0.2) is 94.9 Å². The lowest BCUT2D eigenvalue weighted by Crippen LogP contribution is -2.50. The summed E-state index contributed by atoms with van der Waals surface area (Å²) >= 11 is 1.68. The second-order valence-electron chi connectivity index (χ2n) is 8.24. The molecule has 2 aliphatic heterocycles. The van der Waals surface area contributed by atoms with Crippen LogP contribution in [0.15, 0.2) is 24.4 Å². The van der Waals surface area contributed by atoms with Gasteiger partial charge in [0.15, 0.2) is 18.3 Å². The van der Waals surface area contributed by atoms with Crippen molar-refractivity contribution in [2.45, 2.75) is 12.8 Å². The highest BCUT2D eigenvalue weighted by Gasteiger charge is 2.24. The maximum Gasteiger partial charge on any atom is 0.164 e. The standard InChI is InChI=1S/C22H27N7O3S/c23-18-2-1-15(12-24-18)20-25-21(29-7-9-32-10-8-29)17-11-16(33-22(17)26-20)13-27-3-5-28(6-4-27)19(31)14-30/h1-2,11-12,14,19,31H,3-10,13H2,(H2,23,24). The number of pyridine rings is 1. The van der Waals surface area contributed by atoms with Gasteiger partial charge in [-0.1, -0.05) is 0 Å². The summed E-state index contributed by atoms with van der Waals surface area (Å²) in [6.45, 7) is 6.65. The second-order valence-corrected chi connectivity index (χ2v) is 9.35. The highest BCUT2D eigenvalue weighted by molar-refractivity contribution is 7.18. The molecule has 0 aliphatic carbocycles. The minimum atomic E-state index is -1.01. The van der Waals surface area contributed by atoms with E-state index < -0.39 is 6.23 Å². The number of nitrogens with two attached hydrogens (primary N) is 1. The van der Waals surface area contributed by atoms with E-state index in [9.17, 15) is 9.90 Å². The molecule has 2 fully saturated rings. The molecule has 33 heavy (non-hydrogen) atoms. The molecule has 0 amide bonds. The summed E-state index contributed by atoms with van der Waals surface area (Å²) in [5, 5.41) is 10.8. The molecule has 5 heterocycles. The van der Waals surface area contributed by atoms with Crippen LogP contribution in [0.4, 0.5) is 11.6 Å². The molecule has 0 saturated carbocycles. The molecular formula is C22H27N7O3S. The lowest BCUT2D eigenvalue weighted by Gasteiger charge is -2.35. The van der Waals surface area contributed by atoms with Gasteiger partial charge in [-0.3, -0.25) is 14.6 Å². The SMILES string of the molecule is Nc1ccc(-c2nc(N3CCOCC3)c3cc(CN4CCN(C(O)C=O)CC4)sc3n2)cn1. The number of nitrogen functional groups attached to an aromatic ring is 1. The number of aldehydes is 1. The number of rotatable bonds is 6. The van der Waals surface area contributed by atoms with Gasteiger partial charge in [-0.25, -0.2) is 15.0 Å². The largest absolute Gasteiger partial charge is 0.384 e. The molecule has 0 radical (unpaired) electrons. The van der Waals surface area contributed by atoms with Gasteiger partial charge in [-0.05, 0) is 18.2 Å². The van der Waals surface area contributed by atoms with Crippen molar-refractivity contribution in [2.75, 3.05) is 63.1 Å². The van der Waals surface area contributed by atoms with Crippen molar-refractivity contribution in [3.8, 4) is 11.4 Å². The maximum absolute atomic E-state index is 10.8. The summed E-state index contributed by atoms with van der Waals surface area (Å²) in [7, 11) is 0. The summed E-state index contributed by atoms with van der Waals surface area (Å²) < 4.78 is 5.54. The summed E-state index contributed by atoms with van der Waals surface area (Å²) in [5.74, 6) is 2.03. The molecule has 1 atom stereocenters. The Morgan fingerprint density at radius 2 is 1.94 bits per heavy atom. The zero-order chi connectivity index (χ0) is 22.8. The molecule has 174 valence electrons. The van der Waals surface area contributed by atoms with Crippen molar-refractivity contribution < 1.29 is 14.6 Å². The second kappa shape index (κ2) is 9.65. The predicted molar refractivity (Wildman–Crippen MR) is 127 cm³/mol. The van der Waals surface area contributed by atoms with Crippen molar-refractivity contribution >= 4 is 39.5 Å². The van der Waals surface area contributed by atoms with Crippen molar-refractivity contribution in [1.29, 1.82) is 0 Å². The number of nitrogens with zero attached hydrogens (tertiary/aromatic N) is 6. The Morgan fingerprint density at radius 3 is 2.64 bits per heavy atom. The number of aliphatic hydroxyl groups is 1. The van der Waals surface area contributed by atoms with Crippen LogP contribution in [-0.2, 0) is 16.1 Å². The molecule has 2 saturated heterocycles. The minimum absolute atomic E-state index is 0.465. The molecule has 2 aliphatic rings. The molecule has 1 unspecified atom stereocenters. The molecule has 3 N–H and O–H groups in total. The Hall–Kier alpha value is -2.70. The lowest BCUT2D eigenvalue weighted by atomic mass is 10.2. The third kappa shape index (κ3) is 4.82. The number of fused-ring (bicyclic) bond motifs is 1. The van der Waals surface area contributed by atoms with Crippen LogP contribution in [0, 0.1) is 0 Å². The van der Waals surface area contributed by atoms with Gasteiger partial charge in [0, 0.05) is 62.5 Å². The number of carbonyl (C=O) groups excluding carboxylic acids is 1. The Kier molecular flexibility index (Phi) is 6.47. The predicted octanol–water partition coefficient (Wildman–Crippen LogP) is 0.807. The van der Waals surface area contributed by atoms with Gasteiger partial charge in [0.05, 0.1) is 18.6 Å². The van der Waals surface area contributed by atoms with E-state index in [-0.39, 0.29) is 0 Å². The van der Waals surface area contributed by atoms with Crippen LogP contribution < -0.4 is 10.6 Å². The number of morpholine rings is 1. The average Bonchev–Trinajstić information content (AvgIpc) is 3.26. The van der Waals surface area contributed by atoms with Crippen molar-refractivity contribution in [1.82, 2.24) is 24.8 Å². The molecule has 10 nitrogen and oxygen atoms in total. The van der Waals surface area contributed by atoms with Crippen LogP contribution in [0.2, 0.25) is 0 Å². The first-order chi connectivity index (χ1) is 16.1. The van der Waals surface area contributed by atoms with Gasteiger partial charge in [0.2, 0.25) is 0 Å². The van der Waals surface area contributed by atoms with Gasteiger partial charge in [0.25, 0.3) is 0 Å².